The van der Waals surface area contributed by atoms with E-state index in [0.29, 0.717) is 24.3 Å². The number of piperazine rings is 1. The lowest BCUT2D eigenvalue weighted by molar-refractivity contribution is 0.595. The Labute approximate surface area is 128 Å². The second kappa shape index (κ2) is 5.98. The van der Waals surface area contributed by atoms with Crippen LogP contribution in [-0.4, -0.2) is 36.1 Å². The van der Waals surface area contributed by atoms with Crippen molar-refractivity contribution in [3.8, 4) is 6.07 Å². The van der Waals surface area contributed by atoms with E-state index in [1.165, 1.54) is 6.07 Å². The van der Waals surface area contributed by atoms with Gasteiger partial charge in [-0.05, 0) is 31.2 Å². The predicted octanol–water partition coefficient (Wildman–Crippen LogP) is 2.12. The number of hydrogen-bond acceptors (Lipinski definition) is 5. The molecule has 6 heteroatoms. The molecule has 1 saturated heterocycles. The van der Waals surface area contributed by atoms with Gasteiger partial charge in [-0.3, -0.25) is 0 Å². The first-order valence-electron chi connectivity index (χ1n) is 7.16. The van der Waals surface area contributed by atoms with Gasteiger partial charge in [-0.15, -0.1) is 0 Å². The molecule has 112 valence electrons. The Morgan fingerprint density at radius 1 is 1.14 bits per heavy atom. The molecule has 2 heterocycles. The number of nitriles is 1. The predicted molar refractivity (Wildman–Crippen MR) is 82.3 cm³/mol. The second-order valence-corrected chi connectivity index (χ2v) is 5.21. The topological polar surface area (TPSA) is 56.1 Å². The summed E-state index contributed by atoms with van der Waals surface area (Å²) in [5, 5.41) is 8.80. The molecule has 1 aliphatic heterocycles. The van der Waals surface area contributed by atoms with E-state index in [9.17, 15) is 4.39 Å². The zero-order valence-electron chi connectivity index (χ0n) is 12.3. The molecular formula is C16H16FN5. The van der Waals surface area contributed by atoms with E-state index in [-0.39, 0.29) is 5.82 Å². The summed E-state index contributed by atoms with van der Waals surface area (Å²) >= 11 is 0. The van der Waals surface area contributed by atoms with Crippen molar-refractivity contribution in [1.29, 1.82) is 5.26 Å². The Hall–Kier alpha value is -2.68. The molecule has 1 aliphatic rings. The molecule has 3 rings (SSSR count). The van der Waals surface area contributed by atoms with Crippen LogP contribution < -0.4 is 9.80 Å². The second-order valence-electron chi connectivity index (χ2n) is 5.21. The Kier molecular flexibility index (Phi) is 3.88. The normalized spacial score (nSPS) is 14.8. The first-order valence-corrected chi connectivity index (χ1v) is 7.16. The molecule has 0 atom stereocenters. The molecule has 1 fully saturated rings. The molecule has 1 aromatic heterocycles. The summed E-state index contributed by atoms with van der Waals surface area (Å²) in [5.41, 5.74) is 0.897. The van der Waals surface area contributed by atoms with Crippen LogP contribution in [0.3, 0.4) is 0 Å². The number of aryl methyl sites for hydroxylation is 1. The van der Waals surface area contributed by atoms with Crippen LogP contribution in [0, 0.1) is 24.1 Å². The van der Waals surface area contributed by atoms with Gasteiger partial charge >= 0.3 is 0 Å². The molecule has 0 saturated carbocycles. The minimum Gasteiger partial charge on any atom is -0.366 e. The van der Waals surface area contributed by atoms with Crippen LogP contribution in [0.1, 0.15) is 11.4 Å². The maximum absolute atomic E-state index is 14.1. The molecule has 0 unspecified atom stereocenters. The quantitative estimate of drug-likeness (QED) is 0.850. The van der Waals surface area contributed by atoms with Crippen molar-refractivity contribution in [2.75, 3.05) is 36.0 Å². The molecule has 2 aromatic rings. The van der Waals surface area contributed by atoms with Crippen molar-refractivity contribution in [1.82, 2.24) is 9.97 Å². The first-order chi connectivity index (χ1) is 10.7. The van der Waals surface area contributed by atoms with Gasteiger partial charge in [0.25, 0.3) is 0 Å². The fourth-order valence-corrected chi connectivity index (χ4v) is 2.63. The lowest BCUT2D eigenvalue weighted by Crippen LogP contribution is -2.47. The Balaban J connectivity index is 1.71. The Bertz CT molecular complexity index is 717. The Morgan fingerprint density at radius 3 is 2.50 bits per heavy atom. The summed E-state index contributed by atoms with van der Waals surface area (Å²) in [5.74, 6) is 1.32. The van der Waals surface area contributed by atoms with Gasteiger partial charge in [0.05, 0.1) is 17.3 Å². The van der Waals surface area contributed by atoms with Crippen LogP contribution in [0.15, 0.2) is 30.5 Å². The SMILES string of the molecule is Cc1nccc(N2CCN(c3ccc(C#N)cc3F)CC2)n1. The van der Waals surface area contributed by atoms with Crippen molar-refractivity contribution in [2.24, 2.45) is 0 Å². The van der Waals surface area contributed by atoms with E-state index in [4.69, 9.17) is 5.26 Å². The highest BCUT2D eigenvalue weighted by Crippen LogP contribution is 2.23. The highest BCUT2D eigenvalue weighted by atomic mass is 19.1. The van der Waals surface area contributed by atoms with Gasteiger partial charge in [0.2, 0.25) is 0 Å². The van der Waals surface area contributed by atoms with Crippen LogP contribution in [0.25, 0.3) is 0 Å². The van der Waals surface area contributed by atoms with E-state index < -0.39 is 0 Å². The summed E-state index contributed by atoms with van der Waals surface area (Å²) in [6.45, 7) is 4.84. The zero-order valence-corrected chi connectivity index (χ0v) is 12.3. The molecule has 0 N–H and O–H groups in total. The molecule has 5 nitrogen and oxygen atoms in total. The van der Waals surface area contributed by atoms with Crippen molar-refractivity contribution in [3.05, 3.63) is 47.7 Å². The zero-order chi connectivity index (χ0) is 15.5. The van der Waals surface area contributed by atoms with E-state index in [2.05, 4.69) is 14.9 Å². The summed E-state index contributed by atoms with van der Waals surface area (Å²) in [4.78, 5) is 12.7. The average Bonchev–Trinajstić information content (AvgIpc) is 2.55. The fourth-order valence-electron chi connectivity index (χ4n) is 2.63. The first kappa shape index (κ1) is 14.3. The van der Waals surface area contributed by atoms with Crippen molar-refractivity contribution < 1.29 is 4.39 Å². The van der Waals surface area contributed by atoms with Crippen LogP contribution >= 0.6 is 0 Å². The number of rotatable bonds is 2. The largest absolute Gasteiger partial charge is 0.366 e. The van der Waals surface area contributed by atoms with Crippen LogP contribution in [0.4, 0.5) is 15.9 Å². The highest BCUT2D eigenvalue weighted by Gasteiger charge is 2.20. The van der Waals surface area contributed by atoms with E-state index in [1.807, 2.05) is 24.0 Å². The monoisotopic (exact) mass is 297 g/mol. The number of hydrogen-bond donors (Lipinski definition) is 0. The summed E-state index contributed by atoms with van der Waals surface area (Å²) < 4.78 is 14.1. The van der Waals surface area contributed by atoms with Crippen LogP contribution in [-0.2, 0) is 0 Å². The van der Waals surface area contributed by atoms with E-state index in [0.717, 1.165) is 24.7 Å². The minimum absolute atomic E-state index is 0.342. The van der Waals surface area contributed by atoms with Gasteiger partial charge in [-0.2, -0.15) is 5.26 Å². The summed E-state index contributed by atoms with van der Waals surface area (Å²) in [6.07, 6.45) is 1.75. The van der Waals surface area contributed by atoms with Gasteiger partial charge < -0.3 is 9.80 Å². The molecule has 0 radical (unpaired) electrons. The molecule has 1 aromatic carbocycles. The highest BCUT2D eigenvalue weighted by molar-refractivity contribution is 5.53. The summed E-state index contributed by atoms with van der Waals surface area (Å²) in [7, 11) is 0. The third-order valence-electron chi connectivity index (χ3n) is 3.78. The fraction of sp³-hybridized carbons (Fsp3) is 0.312. The third kappa shape index (κ3) is 2.84. The number of nitrogens with zero attached hydrogens (tertiary/aromatic N) is 5. The average molecular weight is 297 g/mol. The number of halogens is 1. The van der Waals surface area contributed by atoms with E-state index in [1.54, 1.807) is 18.3 Å². The molecule has 22 heavy (non-hydrogen) atoms. The molecule has 0 bridgehead atoms. The molecule has 0 spiro atoms. The molecular weight excluding hydrogens is 281 g/mol. The number of aromatic nitrogens is 2. The maximum Gasteiger partial charge on any atom is 0.147 e. The maximum atomic E-state index is 14.1. The summed E-state index contributed by atoms with van der Waals surface area (Å²) in [6, 6.07) is 8.46. The minimum atomic E-state index is -0.342. The van der Waals surface area contributed by atoms with E-state index >= 15 is 0 Å². The molecule has 0 aliphatic carbocycles. The lowest BCUT2D eigenvalue weighted by Gasteiger charge is -2.36. The Morgan fingerprint density at radius 2 is 1.86 bits per heavy atom. The number of benzene rings is 1. The smallest absolute Gasteiger partial charge is 0.147 e. The van der Waals surface area contributed by atoms with Gasteiger partial charge in [0.15, 0.2) is 0 Å². The van der Waals surface area contributed by atoms with Gasteiger partial charge in [0.1, 0.15) is 17.5 Å². The van der Waals surface area contributed by atoms with Gasteiger partial charge in [-0.25, -0.2) is 14.4 Å². The van der Waals surface area contributed by atoms with Crippen molar-refractivity contribution >= 4 is 11.5 Å². The lowest BCUT2D eigenvalue weighted by atomic mass is 10.2. The van der Waals surface area contributed by atoms with Crippen LogP contribution in [0.5, 0.6) is 0 Å². The van der Waals surface area contributed by atoms with Gasteiger partial charge in [0, 0.05) is 32.4 Å². The van der Waals surface area contributed by atoms with Crippen molar-refractivity contribution in [3.63, 3.8) is 0 Å². The number of anilines is 2. The standard InChI is InChI=1S/C16H16FN5/c1-12-19-5-4-16(20-12)22-8-6-21(7-9-22)15-3-2-13(11-18)10-14(15)17/h2-5,10H,6-9H2,1H3. The third-order valence-corrected chi connectivity index (χ3v) is 3.78. The van der Waals surface area contributed by atoms with Gasteiger partial charge in [-0.1, -0.05) is 0 Å². The molecule has 0 amide bonds. The van der Waals surface area contributed by atoms with Crippen LogP contribution in [0.2, 0.25) is 0 Å². The van der Waals surface area contributed by atoms with Crippen molar-refractivity contribution in [2.45, 2.75) is 6.92 Å².